The molecule has 2 heteroatoms. The van der Waals surface area contributed by atoms with Gasteiger partial charge in [0.05, 0.1) is 0 Å². The molecule has 0 aromatic rings. The van der Waals surface area contributed by atoms with Gasteiger partial charge in [-0.3, -0.25) is 4.90 Å². The van der Waals surface area contributed by atoms with E-state index in [0.717, 1.165) is 17.8 Å². The summed E-state index contributed by atoms with van der Waals surface area (Å²) >= 11 is 0. The van der Waals surface area contributed by atoms with Crippen molar-refractivity contribution in [3.05, 3.63) is 0 Å². The summed E-state index contributed by atoms with van der Waals surface area (Å²) < 4.78 is 0. The Kier molecular flexibility index (Phi) is 3.91. The second kappa shape index (κ2) is 5.05. The summed E-state index contributed by atoms with van der Waals surface area (Å²) in [6, 6.07) is 1.10. The first-order valence-corrected chi connectivity index (χ1v) is 7.11. The monoisotopic (exact) mass is 224 g/mol. The van der Waals surface area contributed by atoms with E-state index in [2.05, 4.69) is 25.7 Å². The van der Waals surface area contributed by atoms with Crippen LogP contribution in [0.1, 0.15) is 46.5 Å². The molecular formula is C14H28N2. The molecule has 0 aromatic carbocycles. The van der Waals surface area contributed by atoms with Crippen LogP contribution >= 0.6 is 0 Å². The molecule has 0 aromatic heterocycles. The Morgan fingerprint density at radius 2 is 1.75 bits per heavy atom. The molecule has 2 aliphatic rings. The minimum atomic E-state index is 0.431. The highest BCUT2D eigenvalue weighted by Crippen LogP contribution is 2.33. The molecule has 2 nitrogen and oxygen atoms in total. The van der Waals surface area contributed by atoms with Gasteiger partial charge in [0.2, 0.25) is 0 Å². The Labute approximate surface area is 101 Å². The van der Waals surface area contributed by atoms with E-state index in [-0.39, 0.29) is 0 Å². The molecule has 2 rings (SSSR count). The smallest absolute Gasteiger partial charge is 0.0250 e. The molecular weight excluding hydrogens is 196 g/mol. The average Bonchev–Trinajstić information content (AvgIpc) is 2.60. The first kappa shape index (κ1) is 12.4. The molecule has 1 aliphatic carbocycles. The van der Waals surface area contributed by atoms with Gasteiger partial charge in [-0.25, -0.2) is 0 Å². The van der Waals surface area contributed by atoms with Gasteiger partial charge in [0, 0.05) is 25.2 Å². The van der Waals surface area contributed by atoms with Crippen LogP contribution in [0.5, 0.6) is 0 Å². The Hall–Kier alpha value is -0.0800. The molecule has 0 spiro atoms. The summed E-state index contributed by atoms with van der Waals surface area (Å²) in [6.45, 7) is 9.65. The fraction of sp³-hybridized carbons (Fsp3) is 1.00. The van der Waals surface area contributed by atoms with Crippen molar-refractivity contribution in [2.75, 3.05) is 13.1 Å². The quantitative estimate of drug-likeness (QED) is 0.781. The molecule has 0 radical (unpaired) electrons. The van der Waals surface area contributed by atoms with E-state index in [4.69, 9.17) is 5.73 Å². The van der Waals surface area contributed by atoms with Gasteiger partial charge in [0.15, 0.2) is 0 Å². The number of nitrogens with zero attached hydrogens (tertiary/aromatic N) is 1. The van der Waals surface area contributed by atoms with Crippen LogP contribution in [0.15, 0.2) is 0 Å². The van der Waals surface area contributed by atoms with E-state index in [9.17, 15) is 0 Å². The molecule has 2 fully saturated rings. The zero-order valence-electron chi connectivity index (χ0n) is 11.2. The lowest BCUT2D eigenvalue weighted by Gasteiger charge is -2.39. The topological polar surface area (TPSA) is 29.3 Å². The van der Waals surface area contributed by atoms with Crippen molar-refractivity contribution in [3.8, 4) is 0 Å². The number of likely N-dealkylation sites (tertiary alicyclic amines) is 1. The standard InChI is InChI=1S/C14H28N2/c1-4-12-5-6-13(15)14(7-12)16-8-10(2)11(3)9-16/h10-14H,4-9,15H2,1-3H3. The average molecular weight is 224 g/mol. The molecule has 0 amide bonds. The van der Waals surface area contributed by atoms with Crippen molar-refractivity contribution < 1.29 is 0 Å². The van der Waals surface area contributed by atoms with Crippen molar-refractivity contribution in [1.29, 1.82) is 0 Å². The zero-order chi connectivity index (χ0) is 11.7. The normalized spacial score (nSPS) is 46.1. The SMILES string of the molecule is CCC1CCC(N)C(N2CC(C)C(C)C2)C1. The molecule has 1 saturated carbocycles. The third-order valence-electron chi connectivity index (χ3n) is 5.04. The lowest BCUT2D eigenvalue weighted by atomic mass is 9.81. The van der Waals surface area contributed by atoms with Crippen molar-refractivity contribution in [1.82, 2.24) is 4.90 Å². The van der Waals surface area contributed by atoms with Crippen LogP contribution in [-0.2, 0) is 0 Å². The third-order valence-corrected chi connectivity index (χ3v) is 5.04. The van der Waals surface area contributed by atoms with Gasteiger partial charge in [0.1, 0.15) is 0 Å². The molecule has 16 heavy (non-hydrogen) atoms. The summed E-state index contributed by atoms with van der Waals surface area (Å²) in [7, 11) is 0. The van der Waals surface area contributed by atoms with Crippen molar-refractivity contribution >= 4 is 0 Å². The van der Waals surface area contributed by atoms with Gasteiger partial charge in [-0.1, -0.05) is 27.2 Å². The highest BCUT2D eigenvalue weighted by Gasteiger charge is 2.36. The summed E-state index contributed by atoms with van der Waals surface area (Å²) in [6.07, 6.45) is 5.27. The first-order chi connectivity index (χ1) is 7.61. The van der Waals surface area contributed by atoms with Crippen LogP contribution in [-0.4, -0.2) is 30.1 Å². The van der Waals surface area contributed by atoms with Gasteiger partial charge in [-0.15, -0.1) is 0 Å². The summed E-state index contributed by atoms with van der Waals surface area (Å²) in [4.78, 5) is 2.68. The van der Waals surface area contributed by atoms with Crippen LogP contribution in [0.3, 0.4) is 0 Å². The van der Waals surface area contributed by atoms with E-state index >= 15 is 0 Å². The lowest BCUT2D eigenvalue weighted by Crippen LogP contribution is -2.50. The Morgan fingerprint density at radius 3 is 2.31 bits per heavy atom. The number of rotatable bonds is 2. The van der Waals surface area contributed by atoms with Crippen LogP contribution in [0.2, 0.25) is 0 Å². The predicted octanol–water partition coefficient (Wildman–Crippen LogP) is 2.48. The van der Waals surface area contributed by atoms with Crippen molar-refractivity contribution in [2.24, 2.45) is 23.5 Å². The third kappa shape index (κ3) is 2.43. The van der Waals surface area contributed by atoms with E-state index < -0.39 is 0 Å². The largest absolute Gasteiger partial charge is 0.326 e. The maximum atomic E-state index is 6.32. The molecule has 2 N–H and O–H groups in total. The number of hydrogen-bond donors (Lipinski definition) is 1. The maximum Gasteiger partial charge on any atom is 0.0250 e. The minimum Gasteiger partial charge on any atom is -0.326 e. The Morgan fingerprint density at radius 1 is 1.12 bits per heavy atom. The molecule has 5 atom stereocenters. The Bertz CT molecular complexity index is 219. The number of nitrogens with two attached hydrogens (primary N) is 1. The minimum absolute atomic E-state index is 0.431. The molecule has 94 valence electrons. The summed E-state index contributed by atoms with van der Waals surface area (Å²) in [5.41, 5.74) is 6.32. The fourth-order valence-electron chi connectivity index (χ4n) is 3.49. The van der Waals surface area contributed by atoms with E-state index in [1.54, 1.807) is 0 Å². The molecule has 1 heterocycles. The highest BCUT2D eigenvalue weighted by molar-refractivity contribution is 4.93. The van der Waals surface area contributed by atoms with Gasteiger partial charge in [-0.05, 0) is 37.0 Å². The summed E-state index contributed by atoms with van der Waals surface area (Å²) in [5.74, 6) is 2.64. The fourth-order valence-corrected chi connectivity index (χ4v) is 3.49. The van der Waals surface area contributed by atoms with E-state index in [1.807, 2.05) is 0 Å². The predicted molar refractivity (Wildman–Crippen MR) is 69.3 cm³/mol. The van der Waals surface area contributed by atoms with Gasteiger partial charge in [-0.2, -0.15) is 0 Å². The molecule has 5 unspecified atom stereocenters. The van der Waals surface area contributed by atoms with Gasteiger partial charge < -0.3 is 5.73 Å². The summed E-state index contributed by atoms with van der Waals surface area (Å²) in [5, 5.41) is 0. The molecule has 1 saturated heterocycles. The second-order valence-electron chi connectivity index (χ2n) is 6.23. The zero-order valence-corrected chi connectivity index (χ0v) is 11.2. The number of hydrogen-bond acceptors (Lipinski definition) is 2. The van der Waals surface area contributed by atoms with Gasteiger partial charge in [0.25, 0.3) is 0 Å². The van der Waals surface area contributed by atoms with Crippen LogP contribution in [0.25, 0.3) is 0 Å². The first-order valence-electron chi connectivity index (χ1n) is 7.11. The van der Waals surface area contributed by atoms with Crippen molar-refractivity contribution in [2.45, 2.75) is 58.5 Å². The van der Waals surface area contributed by atoms with E-state index in [1.165, 1.54) is 38.8 Å². The van der Waals surface area contributed by atoms with Crippen molar-refractivity contribution in [3.63, 3.8) is 0 Å². The van der Waals surface area contributed by atoms with Crippen LogP contribution in [0.4, 0.5) is 0 Å². The lowest BCUT2D eigenvalue weighted by molar-refractivity contribution is 0.129. The van der Waals surface area contributed by atoms with Crippen LogP contribution < -0.4 is 5.73 Å². The van der Waals surface area contributed by atoms with E-state index in [0.29, 0.717) is 12.1 Å². The maximum absolute atomic E-state index is 6.32. The van der Waals surface area contributed by atoms with Crippen LogP contribution in [0, 0.1) is 17.8 Å². The van der Waals surface area contributed by atoms with Gasteiger partial charge >= 0.3 is 0 Å². The highest BCUT2D eigenvalue weighted by atomic mass is 15.2. The Balaban J connectivity index is 1.96. The molecule has 1 aliphatic heterocycles. The molecule has 0 bridgehead atoms. The second-order valence-corrected chi connectivity index (χ2v) is 6.23.